The van der Waals surface area contributed by atoms with Crippen molar-refractivity contribution in [3.05, 3.63) is 23.7 Å². The summed E-state index contributed by atoms with van der Waals surface area (Å²) in [7, 11) is 0. The van der Waals surface area contributed by atoms with Gasteiger partial charge in [-0.15, -0.1) is 0 Å². The highest BCUT2D eigenvalue weighted by Gasteiger charge is 2.20. The zero-order valence-electron chi connectivity index (χ0n) is 9.50. The molecule has 0 fully saturated rings. The van der Waals surface area contributed by atoms with E-state index in [0.29, 0.717) is 12.8 Å². The van der Waals surface area contributed by atoms with Crippen molar-refractivity contribution in [2.45, 2.75) is 26.7 Å². The van der Waals surface area contributed by atoms with Gasteiger partial charge in [-0.25, -0.2) is 9.59 Å². The van der Waals surface area contributed by atoms with E-state index < -0.39 is 11.9 Å². The van der Waals surface area contributed by atoms with Crippen molar-refractivity contribution in [3.8, 4) is 0 Å². The average Bonchev–Trinajstić information content (AvgIpc) is 2.35. The summed E-state index contributed by atoms with van der Waals surface area (Å²) >= 11 is 0. The average molecular weight is 246 g/mol. The van der Waals surface area contributed by atoms with Gasteiger partial charge in [0.2, 0.25) is 11.5 Å². The molecule has 0 saturated carbocycles. The molecule has 0 aromatic carbocycles. The van der Waals surface area contributed by atoms with E-state index in [-0.39, 0.29) is 11.5 Å². The fraction of sp³-hybridized carbons (Fsp3) is 0.400. The highest BCUT2D eigenvalue weighted by Crippen LogP contribution is 2.11. The van der Waals surface area contributed by atoms with E-state index in [1.807, 2.05) is 0 Å². The van der Waals surface area contributed by atoms with E-state index in [9.17, 15) is 9.59 Å². The molecule has 0 atom stereocenters. The van der Waals surface area contributed by atoms with Crippen LogP contribution in [-0.4, -0.2) is 22.5 Å². The molecule has 7 nitrogen and oxygen atoms in total. The first kappa shape index (κ1) is 15.1. The van der Waals surface area contributed by atoms with Crippen LogP contribution in [0.25, 0.3) is 0 Å². The lowest BCUT2D eigenvalue weighted by atomic mass is 10.3. The standard InChI is InChI=1S/C10H14O7/c1-3-5-7(9(11)16-13)15-8(6-4-2)10(12)17-14/h5-6,13-14H,3-4H2,1-2H3. The summed E-state index contributed by atoms with van der Waals surface area (Å²) in [6.45, 7) is 3.42. The maximum Gasteiger partial charge on any atom is 0.407 e. The minimum Gasteiger partial charge on any atom is -0.442 e. The van der Waals surface area contributed by atoms with Crippen LogP contribution in [0.3, 0.4) is 0 Å². The molecule has 0 spiro atoms. The molecule has 0 aliphatic carbocycles. The first-order chi connectivity index (χ1) is 8.10. The largest absolute Gasteiger partial charge is 0.442 e. The second kappa shape index (κ2) is 8.31. The van der Waals surface area contributed by atoms with Crippen molar-refractivity contribution in [2.75, 3.05) is 0 Å². The van der Waals surface area contributed by atoms with Crippen LogP contribution in [-0.2, 0) is 24.1 Å². The molecule has 0 heterocycles. The van der Waals surface area contributed by atoms with Crippen LogP contribution in [0.2, 0.25) is 0 Å². The molecule has 0 rings (SSSR count). The first-order valence-electron chi connectivity index (χ1n) is 4.90. The predicted molar refractivity (Wildman–Crippen MR) is 55.3 cm³/mol. The van der Waals surface area contributed by atoms with Crippen LogP contribution >= 0.6 is 0 Å². The summed E-state index contributed by atoms with van der Waals surface area (Å²) in [5, 5.41) is 16.4. The topological polar surface area (TPSA) is 102 Å². The Hall–Kier alpha value is -1.86. The van der Waals surface area contributed by atoms with Crippen LogP contribution < -0.4 is 0 Å². The summed E-state index contributed by atoms with van der Waals surface area (Å²) in [4.78, 5) is 29.1. The van der Waals surface area contributed by atoms with Gasteiger partial charge >= 0.3 is 11.9 Å². The molecule has 0 aromatic rings. The van der Waals surface area contributed by atoms with Gasteiger partial charge in [0.25, 0.3) is 0 Å². The van der Waals surface area contributed by atoms with Crippen LogP contribution in [0.4, 0.5) is 0 Å². The van der Waals surface area contributed by atoms with Gasteiger partial charge in [0.1, 0.15) is 0 Å². The Balaban J connectivity index is 4.94. The molecule has 0 aromatic heterocycles. The lowest BCUT2D eigenvalue weighted by molar-refractivity contribution is -0.236. The van der Waals surface area contributed by atoms with Crippen LogP contribution in [0.15, 0.2) is 23.7 Å². The Morgan fingerprint density at radius 1 is 0.941 bits per heavy atom. The summed E-state index contributed by atoms with van der Waals surface area (Å²) < 4.78 is 4.89. The molecule has 0 amide bonds. The van der Waals surface area contributed by atoms with Gasteiger partial charge in [0.05, 0.1) is 0 Å². The second-order valence-electron chi connectivity index (χ2n) is 2.81. The fourth-order valence-electron chi connectivity index (χ4n) is 0.913. The van der Waals surface area contributed by atoms with Crippen LogP contribution in [0.5, 0.6) is 0 Å². The number of hydrogen-bond acceptors (Lipinski definition) is 7. The molecule has 0 unspecified atom stereocenters. The predicted octanol–water partition coefficient (Wildman–Crippen LogP) is 1.62. The van der Waals surface area contributed by atoms with Gasteiger partial charge in [-0.3, -0.25) is 9.78 Å². The zero-order chi connectivity index (χ0) is 13.3. The van der Waals surface area contributed by atoms with E-state index in [1.165, 1.54) is 12.2 Å². The molecule has 0 aliphatic rings. The van der Waals surface area contributed by atoms with Crippen molar-refractivity contribution in [3.63, 3.8) is 0 Å². The van der Waals surface area contributed by atoms with Crippen molar-refractivity contribution < 1.29 is 34.6 Å². The maximum absolute atomic E-state index is 11.0. The third-order valence-electron chi connectivity index (χ3n) is 1.57. The third-order valence-corrected chi connectivity index (χ3v) is 1.57. The monoisotopic (exact) mass is 246 g/mol. The van der Waals surface area contributed by atoms with Crippen molar-refractivity contribution >= 4 is 11.9 Å². The van der Waals surface area contributed by atoms with E-state index in [0.717, 1.165) is 0 Å². The molecule has 2 N–H and O–H groups in total. The Labute approximate surface area is 97.8 Å². The quantitative estimate of drug-likeness (QED) is 0.317. The van der Waals surface area contributed by atoms with Gasteiger partial charge < -0.3 is 4.74 Å². The van der Waals surface area contributed by atoms with Gasteiger partial charge in [0.15, 0.2) is 0 Å². The number of carbonyl (C=O) groups is 2. The van der Waals surface area contributed by atoms with Crippen molar-refractivity contribution in [2.24, 2.45) is 0 Å². The zero-order valence-corrected chi connectivity index (χ0v) is 9.50. The number of rotatable bonds is 6. The van der Waals surface area contributed by atoms with Gasteiger partial charge in [-0.1, -0.05) is 13.8 Å². The van der Waals surface area contributed by atoms with Crippen LogP contribution in [0.1, 0.15) is 26.7 Å². The van der Waals surface area contributed by atoms with E-state index in [4.69, 9.17) is 15.3 Å². The van der Waals surface area contributed by atoms with Gasteiger partial charge in [-0.2, -0.15) is 10.5 Å². The van der Waals surface area contributed by atoms with Crippen LogP contribution in [0, 0.1) is 0 Å². The van der Waals surface area contributed by atoms with E-state index in [1.54, 1.807) is 13.8 Å². The number of carbonyl (C=O) groups excluding carboxylic acids is 2. The lowest BCUT2D eigenvalue weighted by Gasteiger charge is -2.08. The molecule has 0 radical (unpaired) electrons. The van der Waals surface area contributed by atoms with Crippen molar-refractivity contribution in [1.82, 2.24) is 0 Å². The first-order valence-corrected chi connectivity index (χ1v) is 4.90. The lowest BCUT2D eigenvalue weighted by Crippen LogP contribution is -2.14. The molecule has 0 bridgehead atoms. The van der Waals surface area contributed by atoms with E-state index in [2.05, 4.69) is 9.78 Å². The Morgan fingerprint density at radius 2 is 1.29 bits per heavy atom. The number of ether oxygens (including phenoxy) is 1. The van der Waals surface area contributed by atoms with Crippen molar-refractivity contribution in [1.29, 1.82) is 0 Å². The Morgan fingerprint density at radius 3 is 1.53 bits per heavy atom. The highest BCUT2D eigenvalue weighted by molar-refractivity contribution is 5.90. The third kappa shape index (κ3) is 5.14. The number of allylic oxidation sites excluding steroid dienone is 2. The fourth-order valence-corrected chi connectivity index (χ4v) is 0.913. The summed E-state index contributed by atoms with van der Waals surface area (Å²) in [5.74, 6) is -3.06. The van der Waals surface area contributed by atoms with E-state index >= 15 is 0 Å². The van der Waals surface area contributed by atoms with Gasteiger partial charge in [0, 0.05) is 0 Å². The maximum atomic E-state index is 11.0. The summed E-state index contributed by atoms with van der Waals surface area (Å²) in [6.07, 6.45) is 3.43. The molecule has 17 heavy (non-hydrogen) atoms. The smallest absolute Gasteiger partial charge is 0.407 e. The highest BCUT2D eigenvalue weighted by atomic mass is 17.1. The Bertz CT molecular complexity index is 298. The molecular weight excluding hydrogens is 232 g/mol. The second-order valence-corrected chi connectivity index (χ2v) is 2.81. The molecule has 0 saturated heterocycles. The summed E-state index contributed by atoms with van der Waals surface area (Å²) in [5.41, 5.74) is 0. The summed E-state index contributed by atoms with van der Waals surface area (Å²) in [6, 6.07) is 0. The number of hydrogen-bond donors (Lipinski definition) is 2. The molecular formula is C10H14O7. The molecule has 0 aliphatic heterocycles. The Kier molecular flexibility index (Phi) is 7.40. The molecule has 7 heteroatoms. The van der Waals surface area contributed by atoms with Gasteiger partial charge in [-0.05, 0) is 25.0 Å². The minimum absolute atomic E-state index is 0.375. The normalized spacial score (nSPS) is 12.0. The molecule has 96 valence electrons. The minimum atomic E-state index is -1.15. The SMILES string of the molecule is CCC=C(OC(=CCC)C(=O)OO)C(=O)OO.